The molecule has 0 radical (unpaired) electrons. The minimum absolute atomic E-state index is 0.00886. The van der Waals surface area contributed by atoms with Gasteiger partial charge in [0.2, 0.25) is 5.91 Å². The number of amides is 1. The van der Waals surface area contributed by atoms with Gasteiger partial charge in [-0.15, -0.1) is 0 Å². The maximum absolute atomic E-state index is 13.4. The number of benzene rings is 1. The van der Waals surface area contributed by atoms with Gasteiger partial charge in [-0.2, -0.15) is 0 Å². The molecule has 0 bridgehead atoms. The molecule has 1 unspecified atom stereocenters. The minimum atomic E-state index is -0.301. The number of rotatable bonds is 2. The fraction of sp³-hybridized carbons (Fsp3) is 0.353. The van der Waals surface area contributed by atoms with Crippen LogP contribution in [0.2, 0.25) is 0 Å². The van der Waals surface area contributed by atoms with Crippen LogP contribution in [0.4, 0.5) is 10.1 Å². The van der Waals surface area contributed by atoms with Crippen LogP contribution in [-0.4, -0.2) is 21.5 Å². The van der Waals surface area contributed by atoms with Crippen molar-refractivity contribution in [3.8, 4) is 0 Å². The Hall–Kier alpha value is -2.50. The topological polar surface area (TPSA) is 55.2 Å². The van der Waals surface area contributed by atoms with Gasteiger partial charge >= 0.3 is 0 Å². The van der Waals surface area contributed by atoms with Crippen LogP contribution in [0.25, 0.3) is 0 Å². The van der Waals surface area contributed by atoms with Crippen molar-refractivity contribution in [2.75, 3.05) is 4.90 Å². The average molecular weight is 315 g/mol. The fourth-order valence-electron chi connectivity index (χ4n) is 2.96. The maximum atomic E-state index is 13.4. The van der Waals surface area contributed by atoms with Gasteiger partial charge in [0.1, 0.15) is 12.4 Å². The fourth-order valence-corrected chi connectivity index (χ4v) is 2.96. The molecule has 5 nitrogen and oxygen atoms in total. The lowest BCUT2D eigenvalue weighted by Crippen LogP contribution is -2.44. The number of halogens is 1. The highest BCUT2D eigenvalue weighted by Crippen LogP contribution is 2.31. The third-order valence-electron chi connectivity index (χ3n) is 4.16. The summed E-state index contributed by atoms with van der Waals surface area (Å²) in [5.74, 6) is -0.498. The summed E-state index contributed by atoms with van der Waals surface area (Å²) in [6.45, 7) is 3.61. The Balaban J connectivity index is 1.91. The second kappa shape index (κ2) is 5.95. The van der Waals surface area contributed by atoms with Crippen LogP contribution in [0.15, 0.2) is 35.4 Å². The molecule has 1 aliphatic rings. The summed E-state index contributed by atoms with van der Waals surface area (Å²) in [5, 5.41) is 0. The average Bonchev–Trinajstić information content (AvgIpc) is 2.50. The van der Waals surface area contributed by atoms with Gasteiger partial charge in [0.25, 0.3) is 5.56 Å². The molecule has 1 amide bonds. The number of fused-ring (bicyclic) bond motifs is 1. The Morgan fingerprint density at radius 1 is 1.39 bits per heavy atom. The van der Waals surface area contributed by atoms with Crippen molar-refractivity contribution in [2.45, 2.75) is 39.3 Å². The van der Waals surface area contributed by atoms with Crippen molar-refractivity contribution in [3.63, 3.8) is 0 Å². The first-order valence-corrected chi connectivity index (χ1v) is 7.59. The van der Waals surface area contributed by atoms with E-state index >= 15 is 0 Å². The Kier molecular flexibility index (Phi) is 3.98. The molecule has 1 aliphatic heterocycles. The smallest absolute Gasteiger partial charge is 0.253 e. The van der Waals surface area contributed by atoms with Gasteiger partial charge in [0.05, 0.1) is 6.33 Å². The van der Waals surface area contributed by atoms with E-state index < -0.39 is 0 Å². The molecule has 0 saturated carbocycles. The maximum Gasteiger partial charge on any atom is 0.253 e. The molecule has 0 saturated heterocycles. The van der Waals surface area contributed by atoms with Crippen molar-refractivity contribution >= 4 is 11.6 Å². The molecular formula is C17H18FN3O2. The summed E-state index contributed by atoms with van der Waals surface area (Å²) >= 11 is 0. The van der Waals surface area contributed by atoms with Crippen molar-refractivity contribution < 1.29 is 9.18 Å². The standard InChI is InChI=1S/C17H18FN3O2/c1-11-7-16(22)20(10-19-11)9-17(23)21-12(2)3-4-13-8-14(18)5-6-15(13)21/h5-8,10,12H,3-4,9H2,1-2H3. The molecule has 1 aromatic carbocycles. The Labute approximate surface area is 133 Å². The van der Waals surface area contributed by atoms with E-state index in [0.29, 0.717) is 5.69 Å². The van der Waals surface area contributed by atoms with E-state index in [2.05, 4.69) is 4.98 Å². The van der Waals surface area contributed by atoms with E-state index in [1.165, 1.54) is 29.1 Å². The van der Waals surface area contributed by atoms with E-state index in [0.717, 1.165) is 24.1 Å². The Morgan fingerprint density at radius 2 is 2.17 bits per heavy atom. The molecule has 2 aromatic rings. The first kappa shape index (κ1) is 15.4. The minimum Gasteiger partial charge on any atom is -0.308 e. The number of carbonyl (C=O) groups excluding carboxylic acids is 1. The van der Waals surface area contributed by atoms with Gasteiger partial charge in [-0.3, -0.25) is 14.2 Å². The number of nitrogens with zero attached hydrogens (tertiary/aromatic N) is 3. The van der Waals surface area contributed by atoms with Crippen molar-refractivity contribution in [1.82, 2.24) is 9.55 Å². The first-order valence-electron chi connectivity index (χ1n) is 7.59. The molecule has 1 atom stereocenters. The summed E-state index contributed by atoms with van der Waals surface area (Å²) in [7, 11) is 0. The predicted molar refractivity (Wildman–Crippen MR) is 84.9 cm³/mol. The number of anilines is 1. The van der Waals surface area contributed by atoms with E-state index in [-0.39, 0.29) is 29.9 Å². The lowest BCUT2D eigenvalue weighted by atomic mass is 9.96. The normalized spacial score (nSPS) is 17.0. The molecule has 0 N–H and O–H groups in total. The molecule has 1 aromatic heterocycles. The highest BCUT2D eigenvalue weighted by Gasteiger charge is 2.28. The van der Waals surface area contributed by atoms with Crippen LogP contribution >= 0.6 is 0 Å². The van der Waals surface area contributed by atoms with Gasteiger partial charge in [-0.1, -0.05) is 0 Å². The van der Waals surface area contributed by atoms with Crippen LogP contribution in [-0.2, 0) is 17.8 Å². The summed E-state index contributed by atoms with van der Waals surface area (Å²) in [6, 6.07) is 5.87. The van der Waals surface area contributed by atoms with Crippen LogP contribution in [0.1, 0.15) is 24.6 Å². The molecule has 0 fully saturated rings. The van der Waals surface area contributed by atoms with Crippen LogP contribution in [0, 0.1) is 12.7 Å². The van der Waals surface area contributed by atoms with Crippen LogP contribution in [0.5, 0.6) is 0 Å². The Morgan fingerprint density at radius 3 is 2.91 bits per heavy atom. The number of hydrogen-bond donors (Lipinski definition) is 0. The van der Waals surface area contributed by atoms with E-state index in [9.17, 15) is 14.0 Å². The number of hydrogen-bond acceptors (Lipinski definition) is 3. The van der Waals surface area contributed by atoms with Crippen molar-refractivity contribution in [3.05, 3.63) is 58.0 Å². The largest absolute Gasteiger partial charge is 0.308 e. The highest BCUT2D eigenvalue weighted by atomic mass is 19.1. The zero-order valence-corrected chi connectivity index (χ0v) is 13.1. The molecule has 23 heavy (non-hydrogen) atoms. The summed E-state index contributed by atoms with van der Waals surface area (Å²) in [6.07, 6.45) is 2.89. The van der Waals surface area contributed by atoms with E-state index in [1.807, 2.05) is 6.92 Å². The van der Waals surface area contributed by atoms with Gasteiger partial charge < -0.3 is 4.90 Å². The van der Waals surface area contributed by atoms with Gasteiger partial charge in [0.15, 0.2) is 0 Å². The zero-order chi connectivity index (χ0) is 16.6. The molecule has 0 aliphatic carbocycles. The lowest BCUT2D eigenvalue weighted by molar-refractivity contribution is -0.119. The van der Waals surface area contributed by atoms with Crippen molar-refractivity contribution in [2.24, 2.45) is 0 Å². The second-order valence-electron chi connectivity index (χ2n) is 5.92. The molecule has 0 spiro atoms. The third-order valence-corrected chi connectivity index (χ3v) is 4.16. The number of carbonyl (C=O) groups is 1. The van der Waals surface area contributed by atoms with Gasteiger partial charge in [-0.25, -0.2) is 9.37 Å². The molecule has 120 valence electrons. The third kappa shape index (κ3) is 3.02. The van der Waals surface area contributed by atoms with Gasteiger partial charge in [0, 0.05) is 23.5 Å². The molecule has 6 heteroatoms. The summed E-state index contributed by atoms with van der Waals surface area (Å²) in [4.78, 5) is 30.4. The molecular weight excluding hydrogens is 297 g/mol. The molecule has 2 heterocycles. The molecule has 3 rings (SSSR count). The Bertz CT molecular complexity index is 816. The van der Waals surface area contributed by atoms with E-state index in [4.69, 9.17) is 0 Å². The van der Waals surface area contributed by atoms with Crippen LogP contribution in [0.3, 0.4) is 0 Å². The summed E-state index contributed by atoms with van der Waals surface area (Å²) < 4.78 is 14.7. The number of aromatic nitrogens is 2. The van der Waals surface area contributed by atoms with E-state index in [1.54, 1.807) is 17.9 Å². The second-order valence-corrected chi connectivity index (χ2v) is 5.92. The summed E-state index contributed by atoms with van der Waals surface area (Å²) in [5.41, 5.74) is 1.91. The van der Waals surface area contributed by atoms with Crippen LogP contribution < -0.4 is 10.5 Å². The first-order chi connectivity index (χ1) is 11.0. The zero-order valence-electron chi connectivity index (χ0n) is 13.1. The number of aryl methyl sites for hydroxylation is 2. The lowest BCUT2D eigenvalue weighted by Gasteiger charge is -2.35. The SMILES string of the molecule is Cc1cc(=O)n(CC(=O)N2c3ccc(F)cc3CCC2C)cn1. The predicted octanol–water partition coefficient (Wildman–Crippen LogP) is 2.06. The monoisotopic (exact) mass is 315 g/mol. The van der Waals surface area contributed by atoms with Gasteiger partial charge in [-0.05, 0) is 50.5 Å². The van der Waals surface area contributed by atoms with Crippen molar-refractivity contribution in [1.29, 1.82) is 0 Å². The highest BCUT2D eigenvalue weighted by molar-refractivity contribution is 5.95. The quantitative estimate of drug-likeness (QED) is 0.852.